The van der Waals surface area contributed by atoms with Gasteiger partial charge in [0.15, 0.2) is 23.3 Å². The van der Waals surface area contributed by atoms with Gasteiger partial charge < -0.3 is 9.84 Å². The first kappa shape index (κ1) is 18.5. The van der Waals surface area contributed by atoms with E-state index in [1.165, 1.54) is 0 Å². The standard InChI is InChI=1S/C14H4F8O3/c15-8-7(9(16)11(18)12(19)10(8)17)5-3-4(14(20,21)22)1-2-6(5)25-13(23)24/h1-3H,(H,23,24). The summed E-state index contributed by atoms with van der Waals surface area (Å²) < 4.78 is 110. The maximum absolute atomic E-state index is 13.8. The third-order valence-corrected chi connectivity index (χ3v) is 2.98. The lowest BCUT2D eigenvalue weighted by atomic mass is 9.99. The first-order chi connectivity index (χ1) is 11.4. The molecular weight excluding hydrogens is 368 g/mol. The average molecular weight is 372 g/mol. The summed E-state index contributed by atoms with van der Waals surface area (Å²) >= 11 is 0. The summed E-state index contributed by atoms with van der Waals surface area (Å²) in [5.74, 6) is -13.3. The monoisotopic (exact) mass is 372 g/mol. The van der Waals surface area contributed by atoms with Crippen molar-refractivity contribution in [3.63, 3.8) is 0 Å². The molecule has 0 atom stereocenters. The van der Waals surface area contributed by atoms with E-state index in [4.69, 9.17) is 5.11 Å². The zero-order valence-electron chi connectivity index (χ0n) is 11.5. The molecule has 0 aliphatic carbocycles. The van der Waals surface area contributed by atoms with E-state index in [0.717, 1.165) is 0 Å². The largest absolute Gasteiger partial charge is 0.511 e. The summed E-state index contributed by atoms with van der Waals surface area (Å²) in [6.07, 6.45) is -7.12. The molecule has 0 aliphatic rings. The van der Waals surface area contributed by atoms with Gasteiger partial charge in [-0.25, -0.2) is 26.7 Å². The Morgan fingerprint density at radius 3 is 1.80 bits per heavy atom. The molecule has 3 nitrogen and oxygen atoms in total. The van der Waals surface area contributed by atoms with Crippen LogP contribution in [0.15, 0.2) is 18.2 Å². The van der Waals surface area contributed by atoms with Gasteiger partial charge in [0, 0.05) is 5.56 Å². The Bertz CT molecular complexity index is 831. The van der Waals surface area contributed by atoms with Gasteiger partial charge in [0.2, 0.25) is 5.82 Å². The van der Waals surface area contributed by atoms with Crippen molar-refractivity contribution in [2.45, 2.75) is 6.18 Å². The molecule has 0 aromatic heterocycles. The van der Waals surface area contributed by atoms with Gasteiger partial charge in [-0.05, 0) is 18.2 Å². The number of carbonyl (C=O) groups is 1. The molecule has 11 heteroatoms. The highest BCUT2D eigenvalue weighted by Gasteiger charge is 2.34. The summed E-state index contributed by atoms with van der Waals surface area (Å²) in [7, 11) is 0. The van der Waals surface area contributed by atoms with Crippen LogP contribution in [0.1, 0.15) is 5.56 Å². The van der Waals surface area contributed by atoms with E-state index in [-0.39, 0.29) is 6.07 Å². The number of rotatable bonds is 2. The van der Waals surface area contributed by atoms with E-state index in [2.05, 4.69) is 4.74 Å². The van der Waals surface area contributed by atoms with E-state index < -0.39 is 63.9 Å². The molecule has 0 radical (unpaired) electrons. The minimum absolute atomic E-state index is 0.0105. The molecule has 2 aromatic carbocycles. The second-order valence-electron chi connectivity index (χ2n) is 4.52. The second-order valence-corrected chi connectivity index (χ2v) is 4.52. The van der Waals surface area contributed by atoms with Crippen LogP contribution in [0.4, 0.5) is 39.9 Å². The SMILES string of the molecule is O=C(O)Oc1ccc(C(F)(F)F)cc1-c1c(F)c(F)c(F)c(F)c1F. The van der Waals surface area contributed by atoms with E-state index in [9.17, 15) is 39.9 Å². The van der Waals surface area contributed by atoms with Crippen molar-refractivity contribution in [3.8, 4) is 16.9 Å². The third kappa shape index (κ3) is 3.35. The van der Waals surface area contributed by atoms with Crippen molar-refractivity contribution < 1.29 is 49.8 Å². The summed E-state index contributed by atoms with van der Waals surface area (Å²) in [4.78, 5) is 10.6. The Balaban J connectivity index is 2.87. The highest BCUT2D eigenvalue weighted by molar-refractivity contribution is 5.76. The number of alkyl halides is 3. The molecule has 0 aliphatic heterocycles. The average Bonchev–Trinajstić information content (AvgIpc) is 2.51. The van der Waals surface area contributed by atoms with Crippen LogP contribution >= 0.6 is 0 Å². The van der Waals surface area contributed by atoms with Crippen molar-refractivity contribution in [2.75, 3.05) is 0 Å². The van der Waals surface area contributed by atoms with Crippen LogP contribution in [0, 0.1) is 29.1 Å². The van der Waals surface area contributed by atoms with Gasteiger partial charge in [-0.15, -0.1) is 0 Å². The molecule has 0 spiro atoms. The first-order valence-electron chi connectivity index (χ1n) is 6.09. The Morgan fingerprint density at radius 2 is 1.36 bits per heavy atom. The third-order valence-electron chi connectivity index (χ3n) is 2.98. The minimum atomic E-state index is -5.04. The number of benzene rings is 2. The smallest absolute Gasteiger partial charge is 0.449 e. The Morgan fingerprint density at radius 1 is 0.880 bits per heavy atom. The lowest BCUT2D eigenvalue weighted by Gasteiger charge is -2.14. The van der Waals surface area contributed by atoms with E-state index >= 15 is 0 Å². The van der Waals surface area contributed by atoms with Crippen LogP contribution < -0.4 is 4.74 Å². The molecule has 134 valence electrons. The maximum atomic E-state index is 13.8. The van der Waals surface area contributed by atoms with Gasteiger partial charge in [0.1, 0.15) is 5.75 Å². The molecule has 0 saturated heterocycles. The van der Waals surface area contributed by atoms with Gasteiger partial charge in [-0.2, -0.15) is 13.2 Å². The van der Waals surface area contributed by atoms with Crippen LogP contribution in [-0.2, 0) is 6.18 Å². The second kappa shape index (κ2) is 6.22. The van der Waals surface area contributed by atoms with Crippen LogP contribution in [-0.4, -0.2) is 11.3 Å². The molecule has 25 heavy (non-hydrogen) atoms. The molecule has 0 saturated carbocycles. The minimum Gasteiger partial charge on any atom is -0.449 e. The van der Waals surface area contributed by atoms with Crippen molar-refractivity contribution in [3.05, 3.63) is 52.8 Å². The molecule has 1 N–H and O–H groups in total. The van der Waals surface area contributed by atoms with Crippen LogP contribution in [0.3, 0.4) is 0 Å². The topological polar surface area (TPSA) is 46.5 Å². The molecular formula is C14H4F8O3. The van der Waals surface area contributed by atoms with E-state index in [0.29, 0.717) is 12.1 Å². The van der Waals surface area contributed by atoms with Crippen LogP contribution in [0.5, 0.6) is 5.75 Å². The van der Waals surface area contributed by atoms with Gasteiger partial charge in [-0.3, -0.25) is 0 Å². The molecule has 0 heterocycles. The van der Waals surface area contributed by atoms with Gasteiger partial charge in [0.25, 0.3) is 0 Å². The fraction of sp³-hybridized carbons (Fsp3) is 0.0714. The molecule has 0 fully saturated rings. The maximum Gasteiger partial charge on any atom is 0.511 e. The predicted octanol–water partition coefficient (Wildman–Crippen LogP) is 5.12. The number of carboxylic acid groups (broad SMARTS) is 1. The quantitative estimate of drug-likeness (QED) is 0.262. The van der Waals surface area contributed by atoms with Gasteiger partial charge in [-0.1, -0.05) is 0 Å². The van der Waals surface area contributed by atoms with Gasteiger partial charge in [0.05, 0.1) is 11.1 Å². The lowest BCUT2D eigenvalue weighted by molar-refractivity contribution is -0.137. The predicted molar refractivity (Wildman–Crippen MR) is 65.3 cm³/mol. The summed E-state index contributed by atoms with van der Waals surface area (Å²) in [5.41, 5.74) is -4.55. The fourth-order valence-corrected chi connectivity index (χ4v) is 1.93. The van der Waals surface area contributed by atoms with Crippen molar-refractivity contribution >= 4 is 6.16 Å². The highest BCUT2D eigenvalue weighted by atomic mass is 19.4. The molecule has 2 rings (SSSR count). The summed E-state index contributed by atoms with van der Waals surface area (Å²) in [6, 6.07) is 0.703. The Labute approximate surface area is 133 Å². The van der Waals surface area contributed by atoms with Crippen molar-refractivity contribution in [1.82, 2.24) is 0 Å². The molecule has 2 aromatic rings. The van der Waals surface area contributed by atoms with Gasteiger partial charge >= 0.3 is 12.3 Å². The number of ether oxygens (including phenoxy) is 1. The van der Waals surface area contributed by atoms with Crippen molar-refractivity contribution in [1.29, 1.82) is 0 Å². The molecule has 0 bridgehead atoms. The Hall–Kier alpha value is -2.85. The number of hydrogen-bond acceptors (Lipinski definition) is 2. The van der Waals surface area contributed by atoms with Crippen molar-refractivity contribution in [2.24, 2.45) is 0 Å². The normalized spacial score (nSPS) is 11.5. The van der Waals surface area contributed by atoms with E-state index in [1.54, 1.807) is 0 Å². The summed E-state index contributed by atoms with van der Waals surface area (Å²) in [5, 5.41) is 8.52. The zero-order valence-corrected chi connectivity index (χ0v) is 11.5. The van der Waals surface area contributed by atoms with E-state index in [1.807, 2.05) is 0 Å². The lowest BCUT2D eigenvalue weighted by Crippen LogP contribution is -2.10. The highest BCUT2D eigenvalue weighted by Crippen LogP contribution is 2.40. The Kier molecular flexibility index (Phi) is 4.60. The summed E-state index contributed by atoms with van der Waals surface area (Å²) in [6.45, 7) is 0. The molecule has 0 unspecified atom stereocenters. The van der Waals surface area contributed by atoms with Crippen LogP contribution in [0.25, 0.3) is 11.1 Å². The fourth-order valence-electron chi connectivity index (χ4n) is 1.93. The zero-order chi connectivity index (χ0) is 19.1. The first-order valence-corrected chi connectivity index (χ1v) is 6.09. The van der Waals surface area contributed by atoms with Crippen LogP contribution in [0.2, 0.25) is 0 Å². The number of hydrogen-bond donors (Lipinski definition) is 1. The molecule has 0 amide bonds. The number of halogens is 8.